The highest BCUT2D eigenvalue weighted by Crippen LogP contribution is 2.15. The van der Waals surface area contributed by atoms with E-state index in [1.54, 1.807) is 0 Å². The molecule has 1 aromatic rings. The van der Waals surface area contributed by atoms with E-state index in [9.17, 15) is 4.79 Å². The third-order valence-electron chi connectivity index (χ3n) is 3.28. The van der Waals surface area contributed by atoms with E-state index in [0.717, 1.165) is 6.42 Å². The van der Waals surface area contributed by atoms with E-state index < -0.39 is 0 Å². The highest BCUT2D eigenvalue weighted by atomic mass is 16.1. The van der Waals surface area contributed by atoms with Crippen LogP contribution in [0.25, 0.3) is 0 Å². The van der Waals surface area contributed by atoms with Gasteiger partial charge in [0.1, 0.15) is 0 Å². The van der Waals surface area contributed by atoms with Crippen molar-refractivity contribution in [2.45, 2.75) is 32.2 Å². The number of aryl methyl sites for hydroxylation is 1. The lowest BCUT2D eigenvalue weighted by atomic mass is 9.93. The van der Waals surface area contributed by atoms with Crippen LogP contribution in [0.3, 0.4) is 0 Å². The van der Waals surface area contributed by atoms with Crippen LogP contribution in [0.2, 0.25) is 0 Å². The van der Waals surface area contributed by atoms with Crippen molar-refractivity contribution < 1.29 is 4.79 Å². The van der Waals surface area contributed by atoms with E-state index >= 15 is 0 Å². The average molecular weight is 219 g/mol. The summed E-state index contributed by atoms with van der Waals surface area (Å²) in [6.45, 7) is 3.95. The van der Waals surface area contributed by atoms with Gasteiger partial charge in [0.05, 0.1) is 5.54 Å². The molecule has 0 unspecified atom stereocenters. The van der Waals surface area contributed by atoms with Gasteiger partial charge in [0.2, 0.25) is 0 Å². The smallest absolute Gasteiger partial charge is 0.152 e. The molecule has 0 spiro atoms. The van der Waals surface area contributed by atoms with Crippen molar-refractivity contribution in [1.29, 1.82) is 0 Å². The number of hydrogen-bond donors (Lipinski definition) is 0. The van der Waals surface area contributed by atoms with Crippen molar-refractivity contribution in [3.8, 4) is 0 Å². The lowest BCUT2D eigenvalue weighted by molar-refractivity contribution is -0.127. The van der Waals surface area contributed by atoms with Crippen LogP contribution in [0, 0.1) is 0 Å². The summed E-state index contributed by atoms with van der Waals surface area (Å²) < 4.78 is 0. The number of benzene rings is 1. The topological polar surface area (TPSA) is 20.3 Å². The molecule has 1 aromatic carbocycles. The highest BCUT2D eigenvalue weighted by Gasteiger charge is 2.28. The zero-order valence-electron chi connectivity index (χ0n) is 10.7. The Kier molecular flexibility index (Phi) is 4.25. The number of nitrogens with zero attached hydrogens (tertiary/aromatic N) is 1. The first-order valence-electron chi connectivity index (χ1n) is 5.69. The molecule has 16 heavy (non-hydrogen) atoms. The zero-order chi connectivity index (χ0) is 12.2. The van der Waals surface area contributed by atoms with Gasteiger partial charge >= 0.3 is 0 Å². The van der Waals surface area contributed by atoms with Gasteiger partial charge in [0.25, 0.3) is 0 Å². The summed E-state index contributed by atoms with van der Waals surface area (Å²) >= 11 is 0. The van der Waals surface area contributed by atoms with Crippen molar-refractivity contribution in [3.63, 3.8) is 0 Å². The fourth-order valence-corrected chi connectivity index (χ4v) is 1.46. The second-order valence-corrected chi connectivity index (χ2v) is 4.86. The Bertz CT molecular complexity index is 341. The first-order valence-corrected chi connectivity index (χ1v) is 5.69. The SMILES string of the molecule is CN(C)C(C)(C)C(=O)CCc1ccccc1. The lowest BCUT2D eigenvalue weighted by Crippen LogP contribution is -2.45. The molecule has 0 atom stereocenters. The average Bonchev–Trinajstić information content (AvgIpc) is 2.27. The molecule has 0 N–H and O–H groups in total. The molecule has 0 saturated heterocycles. The normalized spacial score (nSPS) is 11.8. The number of rotatable bonds is 5. The van der Waals surface area contributed by atoms with Gasteiger partial charge in [-0.05, 0) is 39.9 Å². The van der Waals surface area contributed by atoms with Crippen LogP contribution in [0.4, 0.5) is 0 Å². The Morgan fingerprint density at radius 1 is 1.19 bits per heavy atom. The van der Waals surface area contributed by atoms with Crippen LogP contribution < -0.4 is 0 Å². The predicted octanol–water partition coefficient (Wildman–Crippen LogP) is 2.53. The summed E-state index contributed by atoms with van der Waals surface area (Å²) in [5.74, 6) is 0.293. The molecular weight excluding hydrogens is 198 g/mol. The number of carbonyl (C=O) groups excluding carboxylic acids is 1. The first kappa shape index (κ1) is 12.9. The summed E-state index contributed by atoms with van der Waals surface area (Å²) in [4.78, 5) is 14.0. The minimum Gasteiger partial charge on any atom is -0.298 e. The van der Waals surface area contributed by atoms with Crippen LogP contribution in [-0.2, 0) is 11.2 Å². The standard InChI is InChI=1S/C14H21NO/c1-14(2,15(3)4)13(16)11-10-12-8-6-5-7-9-12/h5-9H,10-11H2,1-4H3. The largest absolute Gasteiger partial charge is 0.298 e. The molecule has 0 fully saturated rings. The highest BCUT2D eigenvalue weighted by molar-refractivity contribution is 5.87. The summed E-state index contributed by atoms with van der Waals surface area (Å²) in [6.07, 6.45) is 1.44. The van der Waals surface area contributed by atoms with Gasteiger partial charge in [0, 0.05) is 6.42 Å². The molecule has 0 aliphatic rings. The molecule has 0 aliphatic carbocycles. The van der Waals surface area contributed by atoms with Gasteiger partial charge < -0.3 is 0 Å². The molecule has 2 heteroatoms. The van der Waals surface area contributed by atoms with Gasteiger partial charge in [-0.2, -0.15) is 0 Å². The minimum atomic E-state index is -0.366. The lowest BCUT2D eigenvalue weighted by Gasteiger charge is -2.30. The Hall–Kier alpha value is -1.15. The molecule has 0 heterocycles. The Morgan fingerprint density at radius 2 is 1.75 bits per heavy atom. The third-order valence-corrected chi connectivity index (χ3v) is 3.28. The van der Waals surface area contributed by atoms with Crippen molar-refractivity contribution >= 4 is 5.78 Å². The van der Waals surface area contributed by atoms with Crippen LogP contribution >= 0.6 is 0 Å². The van der Waals surface area contributed by atoms with Gasteiger partial charge in [0.15, 0.2) is 5.78 Å². The zero-order valence-corrected chi connectivity index (χ0v) is 10.7. The van der Waals surface area contributed by atoms with Gasteiger partial charge in [-0.25, -0.2) is 0 Å². The molecule has 0 aromatic heterocycles. The Labute approximate surface area is 98.3 Å². The summed E-state index contributed by atoms with van der Waals surface area (Å²) in [7, 11) is 3.89. The molecule has 0 amide bonds. The predicted molar refractivity (Wildman–Crippen MR) is 67.5 cm³/mol. The second kappa shape index (κ2) is 5.26. The van der Waals surface area contributed by atoms with Gasteiger partial charge in [-0.15, -0.1) is 0 Å². The van der Waals surface area contributed by atoms with Crippen molar-refractivity contribution in [2.24, 2.45) is 0 Å². The van der Waals surface area contributed by atoms with E-state index in [1.165, 1.54) is 5.56 Å². The summed E-state index contributed by atoms with van der Waals surface area (Å²) in [5, 5.41) is 0. The Balaban J connectivity index is 2.54. The maximum atomic E-state index is 12.0. The maximum Gasteiger partial charge on any atom is 0.152 e. The summed E-state index contributed by atoms with van der Waals surface area (Å²) in [6, 6.07) is 10.1. The monoisotopic (exact) mass is 219 g/mol. The van der Waals surface area contributed by atoms with E-state index in [-0.39, 0.29) is 5.54 Å². The molecule has 88 valence electrons. The molecule has 0 saturated carbocycles. The molecule has 2 nitrogen and oxygen atoms in total. The number of carbonyl (C=O) groups is 1. The quantitative estimate of drug-likeness (QED) is 0.758. The molecule has 0 bridgehead atoms. The fourth-order valence-electron chi connectivity index (χ4n) is 1.46. The van der Waals surface area contributed by atoms with Crippen LogP contribution in [0.15, 0.2) is 30.3 Å². The van der Waals surface area contributed by atoms with E-state index in [0.29, 0.717) is 12.2 Å². The third kappa shape index (κ3) is 3.17. The van der Waals surface area contributed by atoms with E-state index in [4.69, 9.17) is 0 Å². The first-order chi connectivity index (χ1) is 7.44. The molecule has 0 radical (unpaired) electrons. The fraction of sp³-hybridized carbons (Fsp3) is 0.500. The second-order valence-electron chi connectivity index (χ2n) is 4.86. The Morgan fingerprint density at radius 3 is 2.25 bits per heavy atom. The molecule has 1 rings (SSSR count). The van der Waals surface area contributed by atoms with Crippen LogP contribution in [-0.4, -0.2) is 30.3 Å². The minimum absolute atomic E-state index is 0.293. The van der Waals surface area contributed by atoms with Crippen LogP contribution in [0.1, 0.15) is 25.8 Å². The maximum absolute atomic E-state index is 12.0. The molecular formula is C14H21NO. The van der Waals surface area contributed by atoms with E-state index in [1.807, 2.05) is 51.0 Å². The molecule has 0 aliphatic heterocycles. The van der Waals surface area contributed by atoms with Crippen molar-refractivity contribution in [1.82, 2.24) is 4.90 Å². The van der Waals surface area contributed by atoms with Gasteiger partial charge in [-0.3, -0.25) is 9.69 Å². The summed E-state index contributed by atoms with van der Waals surface area (Å²) in [5.41, 5.74) is 0.861. The van der Waals surface area contributed by atoms with Crippen molar-refractivity contribution in [3.05, 3.63) is 35.9 Å². The number of likely N-dealkylation sites (N-methyl/N-ethyl adjacent to an activating group) is 1. The van der Waals surface area contributed by atoms with Crippen LogP contribution in [0.5, 0.6) is 0 Å². The number of hydrogen-bond acceptors (Lipinski definition) is 2. The number of ketones is 1. The number of Topliss-reactive ketones (excluding diaryl/α,β-unsaturated/α-hetero) is 1. The van der Waals surface area contributed by atoms with Gasteiger partial charge in [-0.1, -0.05) is 30.3 Å². The van der Waals surface area contributed by atoms with E-state index in [2.05, 4.69) is 12.1 Å². The van der Waals surface area contributed by atoms with Crippen molar-refractivity contribution in [2.75, 3.05) is 14.1 Å².